The summed E-state index contributed by atoms with van der Waals surface area (Å²) in [4.78, 5) is 13.4. The molecule has 2 aliphatic rings. The van der Waals surface area contributed by atoms with Crippen molar-refractivity contribution in [1.82, 2.24) is 4.90 Å². The summed E-state index contributed by atoms with van der Waals surface area (Å²) in [5, 5.41) is 0. The third-order valence-corrected chi connectivity index (χ3v) is 2.70. The summed E-state index contributed by atoms with van der Waals surface area (Å²) in [6.45, 7) is 0.515. The number of hydrogen-bond donors (Lipinski definition) is 0. The molecular formula is C11H11NO4S. The smallest absolute Gasteiger partial charge is 0.344 e. The molecule has 0 saturated carbocycles. The number of carbonyl (C=O) groups is 1. The van der Waals surface area contributed by atoms with E-state index in [0.717, 1.165) is 12.0 Å². The Morgan fingerprint density at radius 3 is 2.88 bits per heavy atom. The Balaban J connectivity index is 2.18. The highest BCUT2D eigenvalue weighted by molar-refractivity contribution is 7.86. The third-order valence-electron chi connectivity index (χ3n) is 2.25. The van der Waals surface area contributed by atoms with Crippen LogP contribution in [0.3, 0.4) is 0 Å². The lowest BCUT2D eigenvalue weighted by atomic mass is 10.1. The largest absolute Gasteiger partial charge is 0.353 e. The van der Waals surface area contributed by atoms with Gasteiger partial charge >= 0.3 is 16.1 Å². The second kappa shape index (κ2) is 4.21. The van der Waals surface area contributed by atoms with Crippen LogP contribution in [0.15, 0.2) is 47.9 Å². The van der Waals surface area contributed by atoms with Crippen LogP contribution >= 0.6 is 0 Å². The van der Waals surface area contributed by atoms with Gasteiger partial charge in [-0.2, -0.15) is 8.42 Å². The van der Waals surface area contributed by atoms with Crippen LogP contribution in [-0.4, -0.2) is 32.1 Å². The Morgan fingerprint density at radius 2 is 2.18 bits per heavy atom. The van der Waals surface area contributed by atoms with Gasteiger partial charge in [0.2, 0.25) is 0 Å². The molecule has 90 valence electrons. The number of rotatable bonds is 2. The van der Waals surface area contributed by atoms with Crippen LogP contribution in [-0.2, 0) is 19.1 Å². The van der Waals surface area contributed by atoms with Crippen molar-refractivity contribution < 1.29 is 17.4 Å². The summed E-state index contributed by atoms with van der Waals surface area (Å²) in [5.74, 6) is -0.845. The molecule has 17 heavy (non-hydrogen) atoms. The van der Waals surface area contributed by atoms with E-state index in [2.05, 4.69) is 4.18 Å². The van der Waals surface area contributed by atoms with Crippen molar-refractivity contribution in [3.05, 3.63) is 47.9 Å². The normalized spacial score (nSPS) is 18.3. The van der Waals surface area contributed by atoms with Crippen molar-refractivity contribution in [1.29, 1.82) is 0 Å². The van der Waals surface area contributed by atoms with Crippen LogP contribution in [0.4, 0.5) is 0 Å². The zero-order chi connectivity index (χ0) is 12.5. The molecule has 0 fully saturated rings. The van der Waals surface area contributed by atoms with Crippen LogP contribution in [0.2, 0.25) is 0 Å². The summed E-state index contributed by atoms with van der Waals surface area (Å²) in [7, 11) is -3.77. The summed E-state index contributed by atoms with van der Waals surface area (Å²) in [6, 6.07) is 0. The predicted molar refractivity (Wildman–Crippen MR) is 62.1 cm³/mol. The van der Waals surface area contributed by atoms with E-state index >= 15 is 0 Å². The second-order valence-electron chi connectivity index (χ2n) is 3.66. The maximum atomic E-state index is 11.5. The number of hydrogen-bond acceptors (Lipinski definition) is 5. The van der Waals surface area contributed by atoms with Gasteiger partial charge in [0.1, 0.15) is 0 Å². The standard InChI is InChI=1S/C11H11NO4S/c1-17(14,15)16-11(13)9-5-7-12-6-3-2-4-10(12)8-9/h2-6,8H,7H2,1H3. The van der Waals surface area contributed by atoms with Gasteiger partial charge in [0.25, 0.3) is 0 Å². The van der Waals surface area contributed by atoms with E-state index in [-0.39, 0.29) is 5.57 Å². The highest BCUT2D eigenvalue weighted by Crippen LogP contribution is 2.20. The monoisotopic (exact) mass is 253 g/mol. The van der Waals surface area contributed by atoms with E-state index in [1.54, 1.807) is 12.2 Å². The topological polar surface area (TPSA) is 63.7 Å². The summed E-state index contributed by atoms with van der Waals surface area (Å²) in [6.07, 6.45) is 11.5. The van der Waals surface area contributed by atoms with Crippen molar-refractivity contribution in [2.24, 2.45) is 0 Å². The lowest BCUT2D eigenvalue weighted by Gasteiger charge is -2.25. The second-order valence-corrected chi connectivity index (χ2v) is 5.23. The first-order valence-electron chi connectivity index (χ1n) is 4.93. The van der Waals surface area contributed by atoms with Gasteiger partial charge in [0, 0.05) is 18.4 Å². The molecular weight excluding hydrogens is 242 g/mol. The predicted octanol–water partition coefficient (Wildman–Crippen LogP) is 0.699. The molecule has 0 radical (unpaired) electrons. The van der Waals surface area contributed by atoms with Crippen LogP contribution in [0.1, 0.15) is 0 Å². The van der Waals surface area contributed by atoms with Gasteiger partial charge in [-0.25, -0.2) is 4.79 Å². The fourth-order valence-electron chi connectivity index (χ4n) is 1.53. The van der Waals surface area contributed by atoms with Gasteiger partial charge < -0.3 is 9.08 Å². The number of carbonyl (C=O) groups excluding carboxylic acids is 1. The lowest BCUT2D eigenvalue weighted by molar-refractivity contribution is -0.129. The van der Waals surface area contributed by atoms with E-state index in [1.165, 1.54) is 0 Å². The summed E-state index contributed by atoms with van der Waals surface area (Å²) >= 11 is 0. The van der Waals surface area contributed by atoms with E-state index in [9.17, 15) is 13.2 Å². The molecule has 2 aliphatic heterocycles. The minimum atomic E-state index is -3.77. The average Bonchev–Trinajstić information content (AvgIpc) is 2.26. The van der Waals surface area contributed by atoms with Crippen LogP contribution < -0.4 is 0 Å². The molecule has 0 saturated heterocycles. The zero-order valence-electron chi connectivity index (χ0n) is 9.16. The Hall–Kier alpha value is -1.82. The van der Waals surface area contributed by atoms with Gasteiger partial charge in [0.15, 0.2) is 0 Å². The van der Waals surface area contributed by atoms with Crippen molar-refractivity contribution in [2.45, 2.75) is 0 Å². The van der Waals surface area contributed by atoms with E-state index in [0.29, 0.717) is 6.54 Å². The van der Waals surface area contributed by atoms with Crippen molar-refractivity contribution in [3.63, 3.8) is 0 Å². The fraction of sp³-hybridized carbons (Fsp3) is 0.182. The summed E-state index contributed by atoms with van der Waals surface area (Å²) in [5.41, 5.74) is 1.08. The Kier molecular flexibility index (Phi) is 2.89. The molecule has 0 aromatic heterocycles. The molecule has 2 heterocycles. The molecule has 0 aromatic rings. The quantitative estimate of drug-likeness (QED) is 0.678. The first kappa shape index (κ1) is 11.7. The Labute approximate surface area is 99.5 Å². The van der Waals surface area contributed by atoms with Crippen molar-refractivity contribution in [2.75, 3.05) is 12.8 Å². The van der Waals surface area contributed by atoms with E-state index < -0.39 is 16.1 Å². The van der Waals surface area contributed by atoms with Crippen molar-refractivity contribution in [3.8, 4) is 0 Å². The molecule has 0 bridgehead atoms. The van der Waals surface area contributed by atoms with Crippen LogP contribution in [0.25, 0.3) is 0 Å². The lowest BCUT2D eigenvalue weighted by Crippen LogP contribution is -2.23. The zero-order valence-corrected chi connectivity index (χ0v) is 9.98. The molecule has 0 atom stereocenters. The minimum Gasteiger partial charge on any atom is -0.344 e. The maximum absolute atomic E-state index is 11.5. The van der Waals surface area contributed by atoms with Gasteiger partial charge in [0.05, 0.1) is 11.8 Å². The fourth-order valence-corrected chi connectivity index (χ4v) is 1.90. The number of nitrogens with zero attached hydrogens (tertiary/aromatic N) is 1. The molecule has 5 nitrogen and oxygen atoms in total. The van der Waals surface area contributed by atoms with Crippen molar-refractivity contribution >= 4 is 16.1 Å². The Morgan fingerprint density at radius 1 is 1.41 bits per heavy atom. The minimum absolute atomic E-state index is 0.252. The van der Waals surface area contributed by atoms with Gasteiger partial charge in [-0.15, -0.1) is 0 Å². The molecule has 0 N–H and O–H groups in total. The first-order chi connectivity index (χ1) is 7.96. The van der Waals surface area contributed by atoms with E-state index in [1.807, 2.05) is 29.3 Å². The number of allylic oxidation sites excluding steroid dienone is 3. The molecule has 0 aromatic carbocycles. The number of fused-ring (bicyclic) bond motifs is 1. The SMILES string of the molecule is CS(=O)(=O)OC(=O)C1=CCN2C=CC=CC2=C1. The molecule has 6 heteroatoms. The van der Waals surface area contributed by atoms with E-state index in [4.69, 9.17) is 0 Å². The third kappa shape index (κ3) is 2.85. The molecule has 0 unspecified atom stereocenters. The average molecular weight is 253 g/mol. The highest BCUT2D eigenvalue weighted by Gasteiger charge is 2.20. The molecule has 0 amide bonds. The highest BCUT2D eigenvalue weighted by atomic mass is 32.2. The first-order valence-corrected chi connectivity index (χ1v) is 6.74. The molecule has 2 rings (SSSR count). The molecule has 0 spiro atoms. The molecule has 0 aliphatic carbocycles. The van der Waals surface area contributed by atoms with Gasteiger partial charge in [-0.3, -0.25) is 0 Å². The van der Waals surface area contributed by atoms with Gasteiger partial charge in [-0.05, 0) is 18.2 Å². The van der Waals surface area contributed by atoms with Crippen LogP contribution in [0, 0.1) is 0 Å². The van der Waals surface area contributed by atoms with Gasteiger partial charge in [-0.1, -0.05) is 12.2 Å². The summed E-state index contributed by atoms with van der Waals surface area (Å²) < 4.78 is 26.0. The maximum Gasteiger partial charge on any atom is 0.353 e. The van der Waals surface area contributed by atoms with Crippen LogP contribution in [0.5, 0.6) is 0 Å². The Bertz CT molecular complexity index is 566.